The molecule has 0 radical (unpaired) electrons. The summed E-state index contributed by atoms with van der Waals surface area (Å²) < 4.78 is 7.32. The monoisotopic (exact) mass is 399 g/mol. The fourth-order valence-corrected chi connectivity index (χ4v) is 3.92. The second-order valence-corrected chi connectivity index (χ2v) is 7.13. The number of nitrogens with two attached hydrogens (primary N) is 1. The summed E-state index contributed by atoms with van der Waals surface area (Å²) in [5.74, 6) is 1.14. The smallest absolute Gasteiger partial charge is 0.258 e. The molecular formula is C14H15Br2N3O. The van der Waals surface area contributed by atoms with Gasteiger partial charge in [-0.15, -0.1) is 0 Å². The highest BCUT2D eigenvalue weighted by atomic mass is 79.9. The van der Waals surface area contributed by atoms with Crippen LogP contribution in [0.5, 0.6) is 0 Å². The standard InChI is InChI=1S/C14H15Br2N3O/c15-10-6-9(7-11(16)8-10)12-18-13(19-20-12)14(17)4-2-1-3-5-14/h6-8H,1-5,17H2. The van der Waals surface area contributed by atoms with Gasteiger partial charge in [0.25, 0.3) is 5.89 Å². The minimum Gasteiger partial charge on any atom is -0.334 e. The van der Waals surface area contributed by atoms with Gasteiger partial charge in [-0.3, -0.25) is 0 Å². The summed E-state index contributed by atoms with van der Waals surface area (Å²) in [6, 6.07) is 5.87. The van der Waals surface area contributed by atoms with Gasteiger partial charge < -0.3 is 10.3 Å². The molecule has 0 aliphatic heterocycles. The minimum atomic E-state index is -0.427. The Balaban J connectivity index is 1.93. The Kier molecular flexibility index (Phi) is 3.97. The number of rotatable bonds is 2. The molecule has 6 heteroatoms. The van der Waals surface area contributed by atoms with E-state index < -0.39 is 5.54 Å². The van der Waals surface area contributed by atoms with Gasteiger partial charge >= 0.3 is 0 Å². The molecule has 0 amide bonds. The molecule has 1 aromatic heterocycles. The van der Waals surface area contributed by atoms with E-state index in [1.807, 2.05) is 18.2 Å². The van der Waals surface area contributed by atoms with E-state index in [9.17, 15) is 0 Å². The summed E-state index contributed by atoms with van der Waals surface area (Å²) in [7, 11) is 0. The maximum absolute atomic E-state index is 6.43. The van der Waals surface area contributed by atoms with E-state index in [1.165, 1.54) is 6.42 Å². The van der Waals surface area contributed by atoms with Crippen LogP contribution < -0.4 is 5.73 Å². The average Bonchev–Trinajstić information content (AvgIpc) is 2.89. The second kappa shape index (κ2) is 5.58. The molecule has 0 unspecified atom stereocenters. The van der Waals surface area contributed by atoms with Crippen molar-refractivity contribution in [3.63, 3.8) is 0 Å². The molecule has 0 spiro atoms. The number of hydrogen-bond acceptors (Lipinski definition) is 4. The van der Waals surface area contributed by atoms with Crippen LogP contribution in [0.2, 0.25) is 0 Å². The molecule has 3 rings (SSSR count). The van der Waals surface area contributed by atoms with Gasteiger partial charge in [0, 0.05) is 14.5 Å². The molecule has 20 heavy (non-hydrogen) atoms. The van der Waals surface area contributed by atoms with Gasteiger partial charge in [0.15, 0.2) is 5.82 Å². The molecule has 1 aliphatic carbocycles. The molecule has 0 atom stereocenters. The maximum atomic E-state index is 6.43. The number of aromatic nitrogens is 2. The summed E-state index contributed by atoms with van der Waals surface area (Å²) in [6.07, 6.45) is 5.34. The molecule has 0 bridgehead atoms. The summed E-state index contributed by atoms with van der Waals surface area (Å²) in [5, 5.41) is 4.11. The number of halogens is 2. The number of hydrogen-bond donors (Lipinski definition) is 1. The molecule has 1 heterocycles. The zero-order valence-electron chi connectivity index (χ0n) is 10.9. The van der Waals surface area contributed by atoms with Crippen molar-refractivity contribution in [2.24, 2.45) is 5.73 Å². The van der Waals surface area contributed by atoms with Crippen molar-refractivity contribution in [1.82, 2.24) is 10.1 Å². The molecule has 2 N–H and O–H groups in total. The third-order valence-electron chi connectivity index (χ3n) is 3.73. The lowest BCUT2D eigenvalue weighted by Gasteiger charge is -2.29. The molecule has 106 valence electrons. The van der Waals surface area contributed by atoms with Gasteiger partial charge in [0.2, 0.25) is 0 Å². The third-order valence-corrected chi connectivity index (χ3v) is 4.64. The van der Waals surface area contributed by atoms with Crippen molar-refractivity contribution >= 4 is 31.9 Å². The minimum absolute atomic E-state index is 0.427. The average molecular weight is 401 g/mol. The van der Waals surface area contributed by atoms with Gasteiger partial charge in [0.1, 0.15) is 0 Å². The first-order chi connectivity index (χ1) is 9.57. The van der Waals surface area contributed by atoms with E-state index in [0.717, 1.165) is 40.2 Å². The van der Waals surface area contributed by atoms with Crippen LogP contribution in [0.1, 0.15) is 37.9 Å². The third kappa shape index (κ3) is 2.82. The van der Waals surface area contributed by atoms with Crippen LogP contribution in [-0.4, -0.2) is 10.1 Å². The van der Waals surface area contributed by atoms with Crippen LogP contribution in [-0.2, 0) is 5.54 Å². The quantitative estimate of drug-likeness (QED) is 0.812. The maximum Gasteiger partial charge on any atom is 0.258 e. The molecule has 1 aliphatic rings. The summed E-state index contributed by atoms with van der Waals surface area (Å²) in [4.78, 5) is 4.51. The van der Waals surface area contributed by atoms with Crippen molar-refractivity contribution in [3.8, 4) is 11.5 Å². The van der Waals surface area contributed by atoms with Crippen molar-refractivity contribution in [2.75, 3.05) is 0 Å². The largest absolute Gasteiger partial charge is 0.334 e. The van der Waals surface area contributed by atoms with Gasteiger partial charge in [-0.1, -0.05) is 56.3 Å². The van der Waals surface area contributed by atoms with Crippen molar-refractivity contribution in [2.45, 2.75) is 37.6 Å². The zero-order valence-corrected chi connectivity index (χ0v) is 14.1. The Morgan fingerprint density at radius 3 is 2.35 bits per heavy atom. The van der Waals surface area contributed by atoms with Crippen LogP contribution in [0.3, 0.4) is 0 Å². The van der Waals surface area contributed by atoms with E-state index in [1.54, 1.807) is 0 Å². The molecule has 0 saturated heterocycles. The van der Waals surface area contributed by atoms with E-state index in [2.05, 4.69) is 42.0 Å². The van der Waals surface area contributed by atoms with E-state index in [-0.39, 0.29) is 0 Å². The Hall–Kier alpha value is -0.720. The van der Waals surface area contributed by atoms with Crippen LogP contribution in [0, 0.1) is 0 Å². The number of nitrogens with zero attached hydrogens (tertiary/aromatic N) is 2. The van der Waals surface area contributed by atoms with Gasteiger partial charge in [-0.25, -0.2) is 0 Å². The second-order valence-electron chi connectivity index (χ2n) is 5.30. The van der Waals surface area contributed by atoms with Gasteiger partial charge in [0.05, 0.1) is 5.54 Å². The Bertz CT molecular complexity index is 600. The first-order valence-corrected chi connectivity index (χ1v) is 8.25. The van der Waals surface area contributed by atoms with E-state index in [0.29, 0.717) is 11.7 Å². The van der Waals surface area contributed by atoms with Crippen LogP contribution >= 0.6 is 31.9 Å². The predicted octanol–water partition coefficient (Wildman–Crippen LogP) is 4.38. The predicted molar refractivity (Wildman–Crippen MR) is 84.1 cm³/mol. The summed E-state index contributed by atoms with van der Waals surface area (Å²) >= 11 is 6.92. The van der Waals surface area contributed by atoms with Crippen LogP contribution in [0.15, 0.2) is 31.7 Å². The lowest BCUT2D eigenvalue weighted by molar-refractivity contribution is 0.275. The Morgan fingerprint density at radius 2 is 1.70 bits per heavy atom. The van der Waals surface area contributed by atoms with Crippen molar-refractivity contribution in [1.29, 1.82) is 0 Å². The number of benzene rings is 1. The molecular weight excluding hydrogens is 386 g/mol. The fraction of sp³-hybridized carbons (Fsp3) is 0.429. The van der Waals surface area contributed by atoms with Crippen molar-refractivity contribution < 1.29 is 4.52 Å². The lowest BCUT2D eigenvalue weighted by Crippen LogP contribution is -2.39. The Morgan fingerprint density at radius 1 is 1.05 bits per heavy atom. The van der Waals surface area contributed by atoms with Crippen LogP contribution in [0.25, 0.3) is 11.5 Å². The molecule has 4 nitrogen and oxygen atoms in total. The van der Waals surface area contributed by atoms with Gasteiger partial charge in [-0.05, 0) is 31.0 Å². The van der Waals surface area contributed by atoms with Gasteiger partial charge in [-0.2, -0.15) is 4.98 Å². The molecule has 1 fully saturated rings. The SMILES string of the molecule is NC1(c2noc(-c3cc(Br)cc(Br)c3)n2)CCCCC1. The van der Waals surface area contributed by atoms with E-state index >= 15 is 0 Å². The van der Waals surface area contributed by atoms with E-state index in [4.69, 9.17) is 10.3 Å². The first-order valence-electron chi connectivity index (χ1n) is 6.66. The molecule has 2 aromatic rings. The summed E-state index contributed by atoms with van der Waals surface area (Å²) in [5.41, 5.74) is 6.88. The zero-order chi connectivity index (χ0) is 14.2. The highest BCUT2D eigenvalue weighted by molar-refractivity contribution is 9.11. The topological polar surface area (TPSA) is 64.9 Å². The highest BCUT2D eigenvalue weighted by Crippen LogP contribution is 2.34. The lowest BCUT2D eigenvalue weighted by atomic mass is 9.82. The summed E-state index contributed by atoms with van der Waals surface area (Å²) in [6.45, 7) is 0. The molecule has 1 saturated carbocycles. The fourth-order valence-electron chi connectivity index (χ4n) is 2.63. The van der Waals surface area contributed by atoms with Crippen molar-refractivity contribution in [3.05, 3.63) is 33.0 Å². The van der Waals surface area contributed by atoms with Crippen LogP contribution in [0.4, 0.5) is 0 Å². The Labute approximate surface area is 134 Å². The normalized spacial score (nSPS) is 18.1. The first kappa shape index (κ1) is 14.2. The molecule has 1 aromatic carbocycles. The highest BCUT2D eigenvalue weighted by Gasteiger charge is 2.34.